The number of amides is 1. The van der Waals surface area contributed by atoms with Crippen LogP contribution in [0.25, 0.3) is 0 Å². The predicted molar refractivity (Wildman–Crippen MR) is 300 cm³/mol. The van der Waals surface area contributed by atoms with Gasteiger partial charge in [-0.3, -0.25) is 4.79 Å². The van der Waals surface area contributed by atoms with Gasteiger partial charge in [0.2, 0.25) is 5.91 Å². The van der Waals surface area contributed by atoms with Gasteiger partial charge >= 0.3 is 0 Å². The smallest absolute Gasteiger partial charge is 0.220 e. The van der Waals surface area contributed by atoms with Gasteiger partial charge < -0.3 is 65.1 Å². The van der Waals surface area contributed by atoms with Crippen LogP contribution in [0.1, 0.15) is 290 Å². The van der Waals surface area contributed by atoms with Crippen molar-refractivity contribution in [2.24, 2.45) is 0 Å². The fourth-order valence-electron chi connectivity index (χ4n) is 10.9. The van der Waals surface area contributed by atoms with Gasteiger partial charge in [-0.1, -0.05) is 271 Å². The number of hydrogen-bond donors (Lipinski definition) is 9. The standard InChI is InChI=1S/C61H119NO13/c1-3-5-7-9-11-13-15-17-19-21-23-25-26-28-30-32-34-36-38-40-42-44-50(65)49(62-53(66)45-43-41-39-37-35-33-31-29-27-24-22-20-18-16-14-12-10-8-6-4-2)48-72-60-58(71)56(69)59(52(47-64)74-60)75-61-57(70)55(68)54(67)51(46-63)73-61/h49-52,54-61,63-65,67-71H,3-48H2,1-2H3,(H,62,66). The Balaban J connectivity index is 1.72. The van der Waals surface area contributed by atoms with Crippen LogP contribution in [-0.4, -0.2) is 140 Å². The number of carbonyl (C=O) groups is 1. The van der Waals surface area contributed by atoms with Crippen LogP contribution in [0.3, 0.4) is 0 Å². The number of unbranched alkanes of at least 4 members (excludes halogenated alkanes) is 39. The summed E-state index contributed by atoms with van der Waals surface area (Å²) < 4.78 is 22.9. The highest BCUT2D eigenvalue weighted by molar-refractivity contribution is 5.76. The van der Waals surface area contributed by atoms with Crippen LogP contribution < -0.4 is 5.32 Å². The summed E-state index contributed by atoms with van der Waals surface area (Å²) in [5.74, 6) is -0.199. The highest BCUT2D eigenvalue weighted by Crippen LogP contribution is 2.30. The molecule has 2 aliphatic heterocycles. The van der Waals surface area contributed by atoms with Crippen molar-refractivity contribution < 1.29 is 64.6 Å². The summed E-state index contributed by atoms with van der Waals surface area (Å²) in [5.41, 5.74) is 0. The zero-order chi connectivity index (χ0) is 54.6. The highest BCUT2D eigenvalue weighted by Gasteiger charge is 2.51. The molecule has 0 bridgehead atoms. The van der Waals surface area contributed by atoms with E-state index in [1.54, 1.807) is 0 Å². The summed E-state index contributed by atoms with van der Waals surface area (Å²) in [6.07, 6.45) is 36.7. The monoisotopic (exact) mass is 1070 g/mol. The molecule has 0 aliphatic carbocycles. The minimum absolute atomic E-state index is 0.199. The molecule has 12 atom stereocenters. The summed E-state index contributed by atoms with van der Waals surface area (Å²) in [6.45, 7) is 2.91. The zero-order valence-electron chi connectivity index (χ0n) is 48.1. The SMILES string of the molecule is CCCCCCCCCCCCCCCCCCCCCCCC(O)C(COC1OC(CO)C(OC2OC(CO)C(O)C(O)C2O)C(O)C1O)NC(=O)CCCCCCCCCCCCCCCCCCCCCC. The van der Waals surface area contributed by atoms with Gasteiger partial charge in [0.1, 0.15) is 48.8 Å². The van der Waals surface area contributed by atoms with Crippen LogP contribution in [0, 0.1) is 0 Å². The lowest BCUT2D eigenvalue weighted by Crippen LogP contribution is -2.65. The molecule has 0 aromatic heterocycles. The molecule has 2 heterocycles. The third-order valence-corrected chi connectivity index (χ3v) is 16.1. The van der Waals surface area contributed by atoms with Crippen LogP contribution in [-0.2, 0) is 23.7 Å². The van der Waals surface area contributed by atoms with Gasteiger partial charge in [0.25, 0.3) is 0 Å². The minimum atomic E-state index is -1.78. The Morgan fingerprint density at radius 1 is 0.427 bits per heavy atom. The van der Waals surface area contributed by atoms with Crippen molar-refractivity contribution in [2.45, 2.75) is 364 Å². The summed E-state index contributed by atoms with van der Waals surface area (Å²) in [6, 6.07) is -0.823. The second-order valence-electron chi connectivity index (χ2n) is 22.9. The molecule has 1 amide bonds. The Kier molecular flexibility index (Phi) is 44.6. The largest absolute Gasteiger partial charge is 0.394 e. The first-order chi connectivity index (χ1) is 36.6. The number of nitrogens with one attached hydrogen (secondary N) is 1. The van der Waals surface area contributed by atoms with Gasteiger partial charge in [-0.25, -0.2) is 0 Å². The summed E-state index contributed by atoms with van der Waals surface area (Å²) in [5, 5.41) is 87.4. The van der Waals surface area contributed by atoms with E-state index in [9.17, 15) is 45.6 Å². The number of hydrogen-bond acceptors (Lipinski definition) is 13. The van der Waals surface area contributed by atoms with E-state index in [1.807, 2.05) is 0 Å². The first-order valence-corrected chi connectivity index (χ1v) is 31.8. The van der Waals surface area contributed by atoms with E-state index in [0.29, 0.717) is 12.8 Å². The Labute approximate surface area is 457 Å². The molecule has 2 fully saturated rings. The van der Waals surface area contributed by atoms with E-state index in [-0.39, 0.29) is 12.5 Å². The normalized spacial score (nSPS) is 24.9. The molecule has 2 rings (SSSR count). The Bertz CT molecular complexity index is 1270. The number of aliphatic hydroxyl groups is 8. The lowest BCUT2D eigenvalue weighted by atomic mass is 9.97. The van der Waals surface area contributed by atoms with E-state index >= 15 is 0 Å². The van der Waals surface area contributed by atoms with Gasteiger partial charge in [0, 0.05) is 6.42 Å². The molecule has 0 radical (unpaired) electrons. The van der Waals surface area contributed by atoms with Gasteiger partial charge in [0.05, 0.1) is 32.0 Å². The quantitative estimate of drug-likeness (QED) is 0.0259. The van der Waals surface area contributed by atoms with E-state index in [0.717, 1.165) is 51.4 Å². The Morgan fingerprint density at radius 2 is 0.760 bits per heavy atom. The average molecular weight is 1070 g/mol. The molecule has 9 N–H and O–H groups in total. The second kappa shape index (κ2) is 47.8. The Morgan fingerprint density at radius 3 is 1.13 bits per heavy atom. The van der Waals surface area contributed by atoms with Gasteiger partial charge in [-0.05, 0) is 12.8 Å². The molecular formula is C61H119NO13. The van der Waals surface area contributed by atoms with Gasteiger partial charge in [-0.15, -0.1) is 0 Å². The molecule has 0 aromatic carbocycles. The molecule has 75 heavy (non-hydrogen) atoms. The van der Waals surface area contributed by atoms with E-state index in [4.69, 9.17) is 18.9 Å². The van der Waals surface area contributed by atoms with Crippen LogP contribution in [0.2, 0.25) is 0 Å². The number of aliphatic hydroxyl groups excluding tert-OH is 8. The molecular weight excluding hydrogens is 955 g/mol. The number of rotatable bonds is 52. The van der Waals surface area contributed by atoms with Crippen molar-refractivity contribution in [1.29, 1.82) is 0 Å². The molecule has 0 spiro atoms. The molecule has 2 aliphatic rings. The molecule has 2 saturated heterocycles. The van der Waals surface area contributed by atoms with Crippen molar-refractivity contribution in [3.8, 4) is 0 Å². The number of ether oxygens (including phenoxy) is 4. The number of carbonyl (C=O) groups excluding carboxylic acids is 1. The van der Waals surface area contributed by atoms with Gasteiger partial charge in [-0.2, -0.15) is 0 Å². The molecule has 446 valence electrons. The first-order valence-electron chi connectivity index (χ1n) is 31.8. The van der Waals surface area contributed by atoms with Crippen molar-refractivity contribution in [2.75, 3.05) is 19.8 Å². The van der Waals surface area contributed by atoms with Gasteiger partial charge in [0.15, 0.2) is 12.6 Å². The van der Waals surface area contributed by atoms with Crippen molar-refractivity contribution in [3.63, 3.8) is 0 Å². The third kappa shape index (κ3) is 33.4. The molecule has 12 unspecified atom stereocenters. The maximum absolute atomic E-state index is 13.3. The first kappa shape index (κ1) is 70.1. The molecule has 0 aromatic rings. The second-order valence-corrected chi connectivity index (χ2v) is 22.9. The molecule has 14 nitrogen and oxygen atoms in total. The predicted octanol–water partition coefficient (Wildman–Crippen LogP) is 11.3. The summed E-state index contributed by atoms with van der Waals surface area (Å²) in [7, 11) is 0. The average Bonchev–Trinajstić information content (AvgIpc) is 3.41. The summed E-state index contributed by atoms with van der Waals surface area (Å²) >= 11 is 0. The minimum Gasteiger partial charge on any atom is -0.394 e. The fourth-order valence-corrected chi connectivity index (χ4v) is 10.9. The lowest BCUT2D eigenvalue weighted by molar-refractivity contribution is -0.359. The third-order valence-electron chi connectivity index (χ3n) is 16.1. The van der Waals surface area contributed by atoms with E-state index < -0.39 is 86.8 Å². The van der Waals surface area contributed by atoms with Crippen LogP contribution in [0.5, 0.6) is 0 Å². The molecule has 0 saturated carbocycles. The van der Waals surface area contributed by atoms with Crippen molar-refractivity contribution >= 4 is 5.91 Å². The topological polar surface area (TPSA) is 228 Å². The van der Waals surface area contributed by atoms with E-state index in [1.165, 1.54) is 212 Å². The van der Waals surface area contributed by atoms with E-state index in [2.05, 4.69) is 19.2 Å². The van der Waals surface area contributed by atoms with Crippen LogP contribution in [0.4, 0.5) is 0 Å². The maximum Gasteiger partial charge on any atom is 0.220 e. The summed E-state index contributed by atoms with van der Waals surface area (Å²) in [4.78, 5) is 13.3. The van der Waals surface area contributed by atoms with Crippen molar-refractivity contribution in [1.82, 2.24) is 5.32 Å². The molecule has 14 heteroatoms. The van der Waals surface area contributed by atoms with Crippen molar-refractivity contribution in [3.05, 3.63) is 0 Å². The fraction of sp³-hybridized carbons (Fsp3) is 0.984. The zero-order valence-corrected chi connectivity index (χ0v) is 48.1. The van der Waals surface area contributed by atoms with Crippen LogP contribution >= 0.6 is 0 Å². The lowest BCUT2D eigenvalue weighted by Gasteiger charge is -2.46. The van der Waals surface area contributed by atoms with Crippen LogP contribution in [0.15, 0.2) is 0 Å². The highest BCUT2D eigenvalue weighted by atomic mass is 16.7. The maximum atomic E-state index is 13.3. The Hall–Kier alpha value is -1.01.